The number of aromatic nitrogens is 1. The van der Waals surface area contributed by atoms with Gasteiger partial charge in [-0.25, -0.2) is 4.39 Å². The Balaban J connectivity index is 0.000000514. The summed E-state index contributed by atoms with van der Waals surface area (Å²) in [4.78, 5) is 7.73. The van der Waals surface area contributed by atoms with E-state index < -0.39 is 6.10 Å². The number of halogens is 1. The van der Waals surface area contributed by atoms with E-state index >= 15 is 0 Å². The Hall–Kier alpha value is -2.66. The van der Waals surface area contributed by atoms with Gasteiger partial charge in [-0.2, -0.15) is 0 Å². The van der Waals surface area contributed by atoms with Crippen LogP contribution in [0.5, 0.6) is 0 Å². The van der Waals surface area contributed by atoms with Crippen molar-refractivity contribution in [2.45, 2.75) is 40.2 Å². The van der Waals surface area contributed by atoms with Crippen molar-refractivity contribution in [3.05, 3.63) is 59.9 Å². The molecule has 1 atom stereocenters. The molecule has 0 spiro atoms. The van der Waals surface area contributed by atoms with Crippen LogP contribution in [-0.2, 0) is 0 Å². The molecular weight excluding hydrogens is 353 g/mol. The van der Waals surface area contributed by atoms with E-state index in [1.54, 1.807) is 12.1 Å². The van der Waals surface area contributed by atoms with Gasteiger partial charge in [-0.3, -0.25) is 4.99 Å². The quantitative estimate of drug-likeness (QED) is 0.575. The van der Waals surface area contributed by atoms with Crippen LogP contribution in [-0.4, -0.2) is 35.1 Å². The molecular formula is C23H30FN3O. The smallest absolute Gasteiger partial charge is 0.128 e. The Morgan fingerprint density at radius 3 is 2.29 bits per heavy atom. The fraction of sp³-hybridized carbons (Fsp3) is 0.348. The summed E-state index contributed by atoms with van der Waals surface area (Å²) >= 11 is 0. The third kappa shape index (κ3) is 5.42. The third-order valence-electron chi connectivity index (χ3n) is 4.02. The fourth-order valence-corrected chi connectivity index (χ4v) is 2.78. The molecule has 28 heavy (non-hydrogen) atoms. The van der Waals surface area contributed by atoms with Crippen LogP contribution in [0.4, 0.5) is 4.39 Å². The number of β-amino-alcohol motifs (C(OH)–C–C–N with tert-alkyl or cyclic N) is 1. The zero-order valence-electron chi connectivity index (χ0n) is 17.1. The molecule has 0 bridgehead atoms. The van der Waals surface area contributed by atoms with Crippen LogP contribution in [0.15, 0.2) is 53.5 Å². The lowest BCUT2D eigenvalue weighted by Gasteiger charge is -2.19. The highest BCUT2D eigenvalue weighted by Crippen LogP contribution is 2.25. The molecule has 0 saturated heterocycles. The van der Waals surface area contributed by atoms with Crippen molar-refractivity contribution in [3.63, 3.8) is 0 Å². The summed E-state index contributed by atoms with van der Waals surface area (Å²) in [6.45, 7) is 9.19. The largest absolute Gasteiger partial charge is 0.389 e. The summed E-state index contributed by atoms with van der Waals surface area (Å²) < 4.78 is 13.0. The highest BCUT2D eigenvalue weighted by molar-refractivity contribution is 6.02. The topological polar surface area (TPSA) is 60.4 Å². The van der Waals surface area contributed by atoms with Crippen molar-refractivity contribution >= 4 is 16.7 Å². The molecule has 3 N–H and O–H groups in total. The minimum absolute atomic E-state index is 0.240. The van der Waals surface area contributed by atoms with E-state index in [4.69, 9.17) is 0 Å². The number of hydrogen-bond donors (Lipinski definition) is 3. The molecule has 2 aromatic carbocycles. The van der Waals surface area contributed by atoms with Crippen molar-refractivity contribution in [1.29, 1.82) is 0 Å². The second-order valence-electron chi connectivity index (χ2n) is 6.42. The van der Waals surface area contributed by atoms with Gasteiger partial charge in [0.2, 0.25) is 0 Å². The number of aliphatic imine (C=N–C) groups is 1. The first-order valence-electron chi connectivity index (χ1n) is 9.96. The lowest BCUT2D eigenvalue weighted by molar-refractivity contribution is 0.181. The van der Waals surface area contributed by atoms with Crippen molar-refractivity contribution in [2.75, 3.05) is 13.1 Å². The van der Waals surface area contributed by atoms with Gasteiger partial charge in [0, 0.05) is 28.7 Å². The molecule has 5 heteroatoms. The van der Waals surface area contributed by atoms with Crippen LogP contribution >= 0.6 is 0 Å². The van der Waals surface area contributed by atoms with Gasteiger partial charge >= 0.3 is 0 Å². The van der Waals surface area contributed by atoms with Crippen molar-refractivity contribution in [2.24, 2.45) is 4.99 Å². The average Bonchev–Trinajstić information content (AvgIpc) is 3.14. The average molecular weight is 384 g/mol. The fourth-order valence-electron chi connectivity index (χ4n) is 2.78. The molecule has 4 rings (SSSR count). The van der Waals surface area contributed by atoms with Crippen LogP contribution in [0, 0.1) is 5.82 Å². The van der Waals surface area contributed by atoms with Crippen LogP contribution in [0.2, 0.25) is 0 Å². The monoisotopic (exact) mass is 383 g/mol. The summed E-state index contributed by atoms with van der Waals surface area (Å²) in [5.74, 6) is 0.561. The second kappa shape index (κ2) is 10.6. The van der Waals surface area contributed by atoms with Crippen molar-refractivity contribution < 1.29 is 9.50 Å². The standard InChI is InChI=1S/C18H16FN3O.C3H8.C2H6/c19-14-5-3-11(4-6-14)16-7-12-1-2-13(8-17(12)22-16)18-20-9-15(23)10-21-18;1-3-2;1-2/h1-8,15,22-23H,9-10H2,(H,20,21);3H2,1-2H3;1-2H3. The summed E-state index contributed by atoms with van der Waals surface area (Å²) in [5, 5.41) is 13.7. The highest BCUT2D eigenvalue weighted by Gasteiger charge is 2.14. The number of aliphatic hydroxyl groups excluding tert-OH is 1. The molecule has 2 heterocycles. The molecule has 4 nitrogen and oxygen atoms in total. The molecule has 0 saturated carbocycles. The van der Waals surface area contributed by atoms with Crippen LogP contribution in [0.1, 0.15) is 39.7 Å². The normalized spacial score (nSPS) is 15.5. The summed E-state index contributed by atoms with van der Waals surface area (Å²) in [7, 11) is 0. The van der Waals surface area contributed by atoms with Gasteiger partial charge in [0.1, 0.15) is 11.7 Å². The van der Waals surface area contributed by atoms with E-state index in [0.717, 1.165) is 33.6 Å². The lowest BCUT2D eigenvalue weighted by atomic mass is 10.1. The Morgan fingerprint density at radius 2 is 1.68 bits per heavy atom. The van der Waals surface area contributed by atoms with Gasteiger partial charge in [0.15, 0.2) is 0 Å². The van der Waals surface area contributed by atoms with Gasteiger partial charge < -0.3 is 15.4 Å². The van der Waals surface area contributed by atoms with E-state index in [-0.39, 0.29) is 5.82 Å². The lowest BCUT2D eigenvalue weighted by Crippen LogP contribution is -2.39. The van der Waals surface area contributed by atoms with Gasteiger partial charge in [-0.15, -0.1) is 0 Å². The number of fused-ring (bicyclic) bond motifs is 1. The Morgan fingerprint density at radius 1 is 1.04 bits per heavy atom. The summed E-state index contributed by atoms with van der Waals surface area (Å²) in [6, 6.07) is 14.6. The minimum Gasteiger partial charge on any atom is -0.389 e. The molecule has 1 aliphatic heterocycles. The maximum absolute atomic E-state index is 13.0. The highest BCUT2D eigenvalue weighted by atomic mass is 19.1. The Labute approximate surface area is 166 Å². The minimum atomic E-state index is -0.418. The Kier molecular flexibility index (Phi) is 8.20. The van der Waals surface area contributed by atoms with E-state index in [1.165, 1.54) is 18.6 Å². The number of hydrogen-bond acceptors (Lipinski definition) is 3. The first kappa shape index (κ1) is 21.6. The zero-order valence-corrected chi connectivity index (χ0v) is 17.1. The Bertz CT molecular complexity index is 900. The third-order valence-corrected chi connectivity index (χ3v) is 4.02. The number of aliphatic hydroxyl groups is 1. The number of benzene rings is 2. The SMILES string of the molecule is CC.CCC.OC1CN=C(c2ccc3cc(-c4ccc(F)cc4)[nH]c3c2)NC1. The van der Waals surface area contributed by atoms with Gasteiger partial charge in [0.25, 0.3) is 0 Å². The number of aromatic amines is 1. The van der Waals surface area contributed by atoms with E-state index in [2.05, 4.69) is 29.1 Å². The first-order chi connectivity index (χ1) is 13.6. The van der Waals surface area contributed by atoms with E-state index in [1.807, 2.05) is 38.1 Å². The predicted octanol–water partition coefficient (Wildman–Crippen LogP) is 5.13. The molecule has 150 valence electrons. The second-order valence-corrected chi connectivity index (χ2v) is 6.42. The molecule has 0 fully saturated rings. The summed E-state index contributed by atoms with van der Waals surface area (Å²) in [6.07, 6.45) is 0.832. The number of nitrogens with one attached hydrogen (secondary N) is 2. The molecule has 1 aromatic heterocycles. The zero-order chi connectivity index (χ0) is 20.5. The van der Waals surface area contributed by atoms with Crippen molar-refractivity contribution in [1.82, 2.24) is 10.3 Å². The van der Waals surface area contributed by atoms with Gasteiger partial charge in [0.05, 0.1) is 12.6 Å². The summed E-state index contributed by atoms with van der Waals surface area (Å²) in [5.41, 5.74) is 3.88. The van der Waals surface area contributed by atoms with E-state index in [9.17, 15) is 9.50 Å². The number of amidine groups is 1. The van der Waals surface area contributed by atoms with Crippen LogP contribution < -0.4 is 5.32 Å². The predicted molar refractivity (Wildman–Crippen MR) is 116 cm³/mol. The van der Waals surface area contributed by atoms with Crippen molar-refractivity contribution in [3.8, 4) is 11.3 Å². The maximum Gasteiger partial charge on any atom is 0.128 e. The maximum atomic E-state index is 13.0. The van der Waals surface area contributed by atoms with Gasteiger partial charge in [-0.05, 0) is 42.0 Å². The number of nitrogens with zero attached hydrogens (tertiary/aromatic N) is 1. The molecule has 3 aromatic rings. The number of rotatable bonds is 2. The van der Waals surface area contributed by atoms with Crippen LogP contribution in [0.25, 0.3) is 22.2 Å². The van der Waals surface area contributed by atoms with E-state index in [0.29, 0.717) is 13.1 Å². The molecule has 0 amide bonds. The molecule has 1 aliphatic rings. The van der Waals surface area contributed by atoms with Gasteiger partial charge in [-0.1, -0.05) is 46.2 Å². The molecule has 0 radical (unpaired) electrons. The number of H-pyrrole nitrogens is 1. The van der Waals surface area contributed by atoms with Crippen LogP contribution in [0.3, 0.4) is 0 Å². The molecule has 0 aliphatic carbocycles. The molecule has 1 unspecified atom stereocenters. The first-order valence-corrected chi connectivity index (χ1v) is 9.96.